The van der Waals surface area contributed by atoms with E-state index in [1.54, 1.807) is 12.1 Å². The normalized spacial score (nSPS) is 10.9. The van der Waals surface area contributed by atoms with Crippen molar-refractivity contribution in [3.8, 4) is 11.3 Å². The zero-order valence-electron chi connectivity index (χ0n) is 18.4. The molecule has 0 aliphatic carbocycles. The molecule has 0 bridgehead atoms. The highest BCUT2D eigenvalue weighted by Crippen LogP contribution is 2.22. The van der Waals surface area contributed by atoms with Crippen LogP contribution in [0.3, 0.4) is 0 Å². The van der Waals surface area contributed by atoms with Gasteiger partial charge in [-0.25, -0.2) is 14.8 Å². The van der Waals surface area contributed by atoms with Crippen molar-refractivity contribution in [2.45, 2.75) is 6.42 Å². The van der Waals surface area contributed by atoms with Crippen LogP contribution in [0.5, 0.6) is 0 Å². The lowest BCUT2D eigenvalue weighted by Crippen LogP contribution is -2.09. The summed E-state index contributed by atoms with van der Waals surface area (Å²) in [6, 6.07) is 17.1. The van der Waals surface area contributed by atoms with E-state index in [1.807, 2.05) is 36.5 Å². The number of benzene rings is 2. The molecular weight excluding hydrogens is 432 g/mol. The van der Waals surface area contributed by atoms with Gasteiger partial charge in [-0.1, -0.05) is 30.3 Å². The fraction of sp³-hybridized carbons (Fsp3) is 0.125. The van der Waals surface area contributed by atoms with Gasteiger partial charge in [0, 0.05) is 29.7 Å². The fourth-order valence-corrected chi connectivity index (χ4v) is 3.64. The van der Waals surface area contributed by atoms with Gasteiger partial charge in [0.25, 0.3) is 0 Å². The highest BCUT2D eigenvalue weighted by Gasteiger charge is 2.09. The van der Waals surface area contributed by atoms with Gasteiger partial charge >= 0.3 is 5.97 Å². The van der Waals surface area contributed by atoms with Gasteiger partial charge in [-0.2, -0.15) is 10.1 Å². The lowest BCUT2D eigenvalue weighted by Gasteiger charge is -2.06. The van der Waals surface area contributed by atoms with Crippen molar-refractivity contribution in [2.75, 3.05) is 24.3 Å². The van der Waals surface area contributed by atoms with E-state index >= 15 is 0 Å². The number of carbonyl (C=O) groups excluding carboxylic acids is 1. The summed E-state index contributed by atoms with van der Waals surface area (Å²) >= 11 is 0. The number of fused-ring (bicyclic) bond motifs is 1. The monoisotopic (exact) mass is 454 g/mol. The summed E-state index contributed by atoms with van der Waals surface area (Å²) in [4.78, 5) is 27.7. The average molecular weight is 454 g/mol. The summed E-state index contributed by atoms with van der Waals surface area (Å²) in [6.07, 6.45) is 4.31. The second kappa shape index (κ2) is 9.41. The van der Waals surface area contributed by atoms with Crippen molar-refractivity contribution in [2.24, 2.45) is 0 Å². The topological polar surface area (TPSA) is 134 Å². The van der Waals surface area contributed by atoms with Crippen LogP contribution in [0.2, 0.25) is 0 Å². The van der Waals surface area contributed by atoms with Crippen LogP contribution in [0.1, 0.15) is 15.9 Å². The van der Waals surface area contributed by atoms with Crippen LogP contribution in [0, 0.1) is 0 Å². The maximum Gasteiger partial charge on any atom is 0.337 e. The van der Waals surface area contributed by atoms with E-state index in [9.17, 15) is 4.79 Å². The van der Waals surface area contributed by atoms with E-state index in [4.69, 9.17) is 4.74 Å². The fourth-order valence-electron chi connectivity index (χ4n) is 3.64. The SMILES string of the molecule is COC(=O)c1ccc(-c2cc(Nc3ncnc(NCCc4c[nH]c5ccccc45)n3)n[nH]2)cc1. The van der Waals surface area contributed by atoms with Gasteiger partial charge in [-0.15, -0.1) is 0 Å². The Morgan fingerprint density at radius 1 is 1.06 bits per heavy atom. The molecule has 0 aliphatic rings. The summed E-state index contributed by atoms with van der Waals surface area (Å²) in [5.41, 5.74) is 4.51. The molecule has 170 valence electrons. The lowest BCUT2D eigenvalue weighted by molar-refractivity contribution is 0.0600. The summed E-state index contributed by atoms with van der Waals surface area (Å²) in [7, 11) is 1.36. The number of anilines is 3. The number of rotatable bonds is 8. The molecule has 0 unspecified atom stereocenters. The number of nitrogens with one attached hydrogen (secondary N) is 4. The van der Waals surface area contributed by atoms with Gasteiger partial charge in [0.05, 0.1) is 18.4 Å². The molecule has 0 saturated heterocycles. The molecule has 2 aromatic carbocycles. The van der Waals surface area contributed by atoms with E-state index in [-0.39, 0.29) is 5.97 Å². The molecule has 0 saturated carbocycles. The maximum atomic E-state index is 11.6. The first-order valence-corrected chi connectivity index (χ1v) is 10.7. The highest BCUT2D eigenvalue weighted by atomic mass is 16.5. The average Bonchev–Trinajstić information content (AvgIpc) is 3.51. The quantitative estimate of drug-likeness (QED) is 0.259. The van der Waals surface area contributed by atoms with Gasteiger partial charge in [0.2, 0.25) is 11.9 Å². The second-order valence-electron chi connectivity index (χ2n) is 7.53. The zero-order chi connectivity index (χ0) is 23.3. The molecule has 0 amide bonds. The molecule has 0 radical (unpaired) electrons. The Labute approximate surface area is 194 Å². The Kier molecular flexibility index (Phi) is 5.85. The van der Waals surface area contributed by atoms with Crippen molar-refractivity contribution in [1.29, 1.82) is 0 Å². The predicted molar refractivity (Wildman–Crippen MR) is 129 cm³/mol. The summed E-state index contributed by atoms with van der Waals surface area (Å²) < 4.78 is 4.73. The molecule has 5 rings (SSSR count). The summed E-state index contributed by atoms with van der Waals surface area (Å²) in [5, 5.41) is 14.8. The minimum absolute atomic E-state index is 0.376. The van der Waals surface area contributed by atoms with E-state index in [0.29, 0.717) is 29.8 Å². The summed E-state index contributed by atoms with van der Waals surface area (Å²) in [6.45, 7) is 0.680. The predicted octanol–water partition coefficient (Wildman–Crippen LogP) is 3.93. The molecule has 3 aromatic heterocycles. The Morgan fingerprint density at radius 2 is 1.88 bits per heavy atom. The smallest absolute Gasteiger partial charge is 0.337 e. The van der Waals surface area contributed by atoms with Crippen molar-refractivity contribution < 1.29 is 9.53 Å². The van der Waals surface area contributed by atoms with Crippen molar-refractivity contribution >= 4 is 34.6 Å². The number of carbonyl (C=O) groups is 1. The number of nitrogens with zero attached hydrogens (tertiary/aromatic N) is 4. The third-order valence-electron chi connectivity index (χ3n) is 5.36. The van der Waals surface area contributed by atoms with E-state index in [2.05, 4.69) is 52.9 Å². The molecule has 0 aliphatic heterocycles. The number of methoxy groups -OCH3 is 1. The van der Waals surface area contributed by atoms with Crippen LogP contribution in [0.25, 0.3) is 22.2 Å². The first kappa shape index (κ1) is 21.1. The Morgan fingerprint density at radius 3 is 2.74 bits per heavy atom. The van der Waals surface area contributed by atoms with Crippen molar-refractivity contribution in [3.63, 3.8) is 0 Å². The molecule has 10 heteroatoms. The Balaban J connectivity index is 1.20. The number of aromatic nitrogens is 6. The maximum absolute atomic E-state index is 11.6. The Hall–Kier alpha value is -4.73. The van der Waals surface area contributed by atoms with Crippen molar-refractivity contribution in [1.82, 2.24) is 30.1 Å². The number of ether oxygens (including phenoxy) is 1. The van der Waals surface area contributed by atoms with Gasteiger partial charge in [-0.3, -0.25) is 5.10 Å². The minimum atomic E-state index is -0.376. The first-order valence-electron chi connectivity index (χ1n) is 10.7. The molecule has 0 spiro atoms. The van der Waals surface area contributed by atoms with Crippen LogP contribution < -0.4 is 10.6 Å². The third kappa shape index (κ3) is 4.56. The van der Waals surface area contributed by atoms with Crippen LogP contribution in [-0.2, 0) is 11.2 Å². The van der Waals surface area contributed by atoms with Crippen LogP contribution in [0.4, 0.5) is 17.7 Å². The number of aromatic amines is 2. The number of hydrogen-bond acceptors (Lipinski definition) is 8. The molecule has 4 N–H and O–H groups in total. The third-order valence-corrected chi connectivity index (χ3v) is 5.36. The van der Waals surface area contributed by atoms with E-state index in [1.165, 1.54) is 24.4 Å². The highest BCUT2D eigenvalue weighted by molar-refractivity contribution is 5.90. The second-order valence-corrected chi connectivity index (χ2v) is 7.53. The van der Waals surface area contributed by atoms with Gasteiger partial charge in [0.15, 0.2) is 5.82 Å². The number of para-hydroxylation sites is 1. The molecule has 0 fully saturated rings. The molecule has 34 heavy (non-hydrogen) atoms. The van der Waals surface area contributed by atoms with Crippen LogP contribution >= 0.6 is 0 Å². The number of H-pyrrole nitrogens is 2. The zero-order valence-corrected chi connectivity index (χ0v) is 18.4. The number of hydrogen-bond donors (Lipinski definition) is 4. The van der Waals surface area contributed by atoms with Crippen LogP contribution in [-0.4, -0.2) is 49.8 Å². The van der Waals surface area contributed by atoms with Gasteiger partial charge in [-0.05, 0) is 35.7 Å². The minimum Gasteiger partial charge on any atom is -0.465 e. The van der Waals surface area contributed by atoms with E-state index in [0.717, 1.165) is 23.2 Å². The van der Waals surface area contributed by atoms with Gasteiger partial charge in [0.1, 0.15) is 6.33 Å². The first-order chi connectivity index (χ1) is 16.7. The standard InChI is InChI=1S/C24H22N8O2/c1-34-22(33)16-8-6-15(7-9-16)20-12-21(32-31-20)29-24-28-14-27-23(30-24)25-11-10-17-13-26-19-5-3-2-4-18(17)19/h2-9,12-14,26H,10-11H2,1H3,(H3,25,27,28,29,30,31,32). The molecule has 5 aromatic rings. The lowest BCUT2D eigenvalue weighted by atomic mass is 10.1. The van der Waals surface area contributed by atoms with Crippen LogP contribution in [0.15, 0.2) is 67.1 Å². The van der Waals surface area contributed by atoms with Crippen molar-refractivity contribution in [3.05, 3.63) is 78.2 Å². The Bertz CT molecular complexity index is 1420. The molecular formula is C24H22N8O2. The largest absolute Gasteiger partial charge is 0.465 e. The molecule has 0 atom stereocenters. The summed E-state index contributed by atoms with van der Waals surface area (Å²) in [5.74, 6) is 1.04. The van der Waals surface area contributed by atoms with E-state index < -0.39 is 0 Å². The molecule has 3 heterocycles. The van der Waals surface area contributed by atoms with Gasteiger partial charge < -0.3 is 20.4 Å². The number of esters is 1. The molecule has 10 nitrogen and oxygen atoms in total.